The van der Waals surface area contributed by atoms with Gasteiger partial charge in [-0.25, -0.2) is 0 Å². The molecule has 0 bridgehead atoms. The van der Waals surface area contributed by atoms with Crippen molar-refractivity contribution in [3.05, 3.63) is 29.7 Å². The average Bonchev–Trinajstić information content (AvgIpc) is 3.10. The lowest BCUT2D eigenvalue weighted by Gasteiger charge is -2.28. The molecular weight excluding hydrogens is 379 g/mol. The van der Waals surface area contributed by atoms with Crippen LogP contribution in [0.4, 0.5) is 13.2 Å². The first-order chi connectivity index (χ1) is 13.4. The number of alkyl halides is 3. The van der Waals surface area contributed by atoms with Gasteiger partial charge in [0.05, 0.1) is 6.54 Å². The van der Waals surface area contributed by atoms with Crippen LogP contribution in [0.3, 0.4) is 0 Å². The van der Waals surface area contributed by atoms with Gasteiger partial charge in [0.2, 0.25) is 11.7 Å². The van der Waals surface area contributed by atoms with Crippen LogP contribution < -0.4 is 4.74 Å². The van der Waals surface area contributed by atoms with Crippen LogP contribution in [-0.2, 0) is 22.3 Å². The first-order valence-electron chi connectivity index (χ1n) is 8.95. The number of amides is 1. The van der Waals surface area contributed by atoms with Gasteiger partial charge in [-0.1, -0.05) is 17.3 Å². The molecule has 0 atom stereocenters. The number of nitrogens with zero attached hydrogens (tertiary/aromatic N) is 3. The molecule has 10 heteroatoms. The number of carbonyl (C=O) groups is 1. The highest BCUT2D eigenvalue weighted by Gasteiger charge is 2.38. The van der Waals surface area contributed by atoms with Crippen LogP contribution in [0, 0.1) is 5.92 Å². The number of fused-ring (bicyclic) bond motifs is 1. The minimum atomic E-state index is -4.70. The maximum absolute atomic E-state index is 12.8. The summed E-state index contributed by atoms with van der Waals surface area (Å²) in [5.41, 5.74) is 1.13. The summed E-state index contributed by atoms with van der Waals surface area (Å²) >= 11 is 0. The van der Waals surface area contributed by atoms with E-state index in [0.717, 1.165) is 5.56 Å². The van der Waals surface area contributed by atoms with E-state index < -0.39 is 12.1 Å². The Labute approximate surface area is 158 Å². The second-order valence-corrected chi connectivity index (χ2v) is 6.74. The van der Waals surface area contributed by atoms with Crippen molar-refractivity contribution in [3.63, 3.8) is 0 Å². The summed E-state index contributed by atoms with van der Waals surface area (Å²) < 4.78 is 53.3. The van der Waals surface area contributed by atoms with Crippen LogP contribution in [0.25, 0.3) is 11.4 Å². The summed E-state index contributed by atoms with van der Waals surface area (Å²) in [7, 11) is 0. The zero-order valence-corrected chi connectivity index (χ0v) is 14.9. The van der Waals surface area contributed by atoms with Gasteiger partial charge in [-0.2, -0.15) is 18.2 Å². The van der Waals surface area contributed by atoms with Crippen molar-refractivity contribution in [2.75, 3.05) is 26.4 Å². The van der Waals surface area contributed by atoms with E-state index in [0.29, 0.717) is 57.1 Å². The van der Waals surface area contributed by atoms with Crippen molar-refractivity contribution in [2.45, 2.75) is 25.6 Å². The molecule has 0 saturated carbocycles. The molecule has 3 heterocycles. The number of hydrogen-bond donors (Lipinski definition) is 0. The zero-order valence-electron chi connectivity index (χ0n) is 14.9. The van der Waals surface area contributed by atoms with E-state index in [1.807, 2.05) is 0 Å². The highest BCUT2D eigenvalue weighted by Crippen LogP contribution is 2.32. The molecule has 1 aromatic carbocycles. The summed E-state index contributed by atoms with van der Waals surface area (Å²) in [4.78, 5) is 17.9. The van der Waals surface area contributed by atoms with Crippen LogP contribution in [0.1, 0.15) is 24.3 Å². The quantitative estimate of drug-likeness (QED) is 0.776. The van der Waals surface area contributed by atoms with E-state index in [9.17, 15) is 18.0 Å². The molecule has 0 spiro atoms. The van der Waals surface area contributed by atoms with Gasteiger partial charge >= 0.3 is 12.1 Å². The van der Waals surface area contributed by atoms with E-state index in [-0.39, 0.29) is 17.6 Å². The Morgan fingerprint density at radius 1 is 1.18 bits per heavy atom. The Bertz CT molecular complexity index is 862. The Hall–Kier alpha value is -2.62. The molecule has 0 unspecified atom stereocenters. The van der Waals surface area contributed by atoms with Crippen LogP contribution in [-0.4, -0.2) is 47.3 Å². The molecule has 0 aliphatic carbocycles. The first-order valence-corrected chi connectivity index (χ1v) is 8.95. The summed E-state index contributed by atoms with van der Waals surface area (Å²) in [6, 6.07) is 4.88. The van der Waals surface area contributed by atoms with Gasteiger partial charge in [-0.3, -0.25) is 4.79 Å². The fourth-order valence-electron chi connectivity index (χ4n) is 3.36. The molecule has 150 valence electrons. The van der Waals surface area contributed by atoms with Crippen molar-refractivity contribution in [1.82, 2.24) is 15.0 Å². The van der Waals surface area contributed by atoms with Gasteiger partial charge in [-0.05, 0) is 18.9 Å². The molecule has 2 aromatic rings. The maximum atomic E-state index is 12.8. The topological polar surface area (TPSA) is 77.7 Å². The van der Waals surface area contributed by atoms with Crippen molar-refractivity contribution in [2.24, 2.45) is 5.92 Å². The van der Waals surface area contributed by atoms with Gasteiger partial charge < -0.3 is 18.9 Å². The van der Waals surface area contributed by atoms with E-state index in [1.165, 1.54) is 0 Å². The molecule has 0 N–H and O–H groups in total. The Balaban J connectivity index is 1.53. The lowest BCUT2D eigenvalue weighted by atomic mass is 9.98. The SMILES string of the molecule is O=C(C1CCOCC1)N1CCOc2cc(-c3noc(C(F)(F)F)n3)ccc2C1. The van der Waals surface area contributed by atoms with Gasteiger partial charge in [0.1, 0.15) is 12.4 Å². The van der Waals surface area contributed by atoms with Crippen LogP contribution >= 0.6 is 0 Å². The smallest absolute Gasteiger partial charge is 0.471 e. The predicted octanol–water partition coefficient (Wildman–Crippen LogP) is 2.90. The first kappa shape index (κ1) is 18.7. The second kappa shape index (κ2) is 7.42. The third-order valence-corrected chi connectivity index (χ3v) is 4.86. The predicted molar refractivity (Wildman–Crippen MR) is 89.2 cm³/mol. The molecule has 2 aliphatic rings. The second-order valence-electron chi connectivity index (χ2n) is 6.74. The number of halogens is 3. The molecule has 1 saturated heterocycles. The average molecular weight is 397 g/mol. The fourth-order valence-corrected chi connectivity index (χ4v) is 3.36. The normalized spacial score (nSPS) is 18.3. The highest BCUT2D eigenvalue weighted by atomic mass is 19.4. The van der Waals surface area contributed by atoms with Crippen molar-refractivity contribution in [1.29, 1.82) is 0 Å². The van der Waals surface area contributed by atoms with E-state index in [1.54, 1.807) is 23.1 Å². The minimum absolute atomic E-state index is 0.0466. The van der Waals surface area contributed by atoms with Gasteiger partial charge in [-0.15, -0.1) is 0 Å². The Morgan fingerprint density at radius 3 is 2.68 bits per heavy atom. The lowest BCUT2D eigenvalue weighted by molar-refractivity contribution is -0.159. The molecule has 4 rings (SSSR count). The molecule has 7 nitrogen and oxygen atoms in total. The number of aromatic nitrogens is 2. The Morgan fingerprint density at radius 2 is 1.96 bits per heavy atom. The summed E-state index contributed by atoms with van der Waals surface area (Å²) in [6.07, 6.45) is -3.28. The van der Waals surface area contributed by atoms with Crippen molar-refractivity contribution < 1.29 is 32.0 Å². The molecule has 28 heavy (non-hydrogen) atoms. The fraction of sp³-hybridized carbons (Fsp3) is 0.500. The number of hydrogen-bond acceptors (Lipinski definition) is 6. The number of ether oxygens (including phenoxy) is 2. The van der Waals surface area contributed by atoms with Gasteiger partial charge in [0.25, 0.3) is 0 Å². The van der Waals surface area contributed by atoms with Crippen molar-refractivity contribution >= 4 is 5.91 Å². The van der Waals surface area contributed by atoms with Crippen LogP contribution in [0.2, 0.25) is 0 Å². The monoisotopic (exact) mass is 397 g/mol. The van der Waals surface area contributed by atoms with E-state index in [2.05, 4.69) is 14.7 Å². The standard InChI is InChI=1S/C18H18F3N3O4/c19-18(20,21)17-22-15(23-28-17)12-1-2-13-10-24(5-8-27-14(13)9-12)16(25)11-3-6-26-7-4-11/h1-2,9,11H,3-8,10H2. The van der Waals surface area contributed by atoms with E-state index in [4.69, 9.17) is 9.47 Å². The zero-order chi connectivity index (χ0) is 19.7. The molecule has 1 amide bonds. The number of benzene rings is 1. The molecule has 1 fully saturated rings. The van der Waals surface area contributed by atoms with E-state index >= 15 is 0 Å². The highest BCUT2D eigenvalue weighted by molar-refractivity contribution is 5.79. The maximum Gasteiger partial charge on any atom is 0.471 e. The van der Waals surface area contributed by atoms with Crippen LogP contribution in [0.5, 0.6) is 5.75 Å². The third kappa shape index (κ3) is 3.82. The molecular formula is C18H18F3N3O4. The van der Waals surface area contributed by atoms with Gasteiger partial charge in [0.15, 0.2) is 0 Å². The Kier molecular flexibility index (Phi) is 4.96. The largest absolute Gasteiger partial charge is 0.491 e. The van der Waals surface area contributed by atoms with Gasteiger partial charge in [0, 0.05) is 36.8 Å². The minimum Gasteiger partial charge on any atom is -0.491 e. The summed E-state index contributed by atoms with van der Waals surface area (Å²) in [5.74, 6) is -1.03. The summed E-state index contributed by atoms with van der Waals surface area (Å²) in [6.45, 7) is 2.30. The lowest BCUT2D eigenvalue weighted by Crippen LogP contribution is -2.39. The molecule has 0 radical (unpaired) electrons. The van der Waals surface area contributed by atoms with Crippen LogP contribution in [0.15, 0.2) is 22.7 Å². The third-order valence-electron chi connectivity index (χ3n) is 4.86. The molecule has 2 aliphatic heterocycles. The summed E-state index contributed by atoms with van der Waals surface area (Å²) in [5, 5.41) is 3.39. The number of rotatable bonds is 2. The van der Waals surface area contributed by atoms with Crippen molar-refractivity contribution in [3.8, 4) is 17.1 Å². The number of carbonyl (C=O) groups excluding carboxylic acids is 1. The molecule has 1 aromatic heterocycles.